The Bertz CT molecular complexity index is 734. The molecule has 30 heavy (non-hydrogen) atoms. The standard InChI is InChI=1S/C21H32O9/c1-5-6-15(23)29-11-19(10-28-13(3)22)18(4,26)14-9-20(16(24)17(25)30-14)12(2)7-8-21(19,20)27/h12,14,16,24,26-27H,5-11H2,1-4H3. The molecule has 1 aliphatic heterocycles. The minimum atomic E-state index is -1.90. The predicted octanol–water partition coefficient (Wildman–Crippen LogP) is 0.468. The minimum Gasteiger partial charge on any atom is -0.465 e. The molecule has 0 aromatic rings. The summed E-state index contributed by atoms with van der Waals surface area (Å²) in [6.07, 6.45) is -1.34. The molecule has 9 heteroatoms. The van der Waals surface area contributed by atoms with Crippen LogP contribution in [0.2, 0.25) is 0 Å². The van der Waals surface area contributed by atoms with E-state index in [1.807, 2.05) is 13.8 Å². The van der Waals surface area contributed by atoms with Gasteiger partial charge in [-0.2, -0.15) is 0 Å². The number of carbonyl (C=O) groups excluding carboxylic acids is 3. The fourth-order valence-electron chi connectivity index (χ4n) is 6.07. The van der Waals surface area contributed by atoms with Gasteiger partial charge in [-0.15, -0.1) is 0 Å². The molecule has 170 valence electrons. The molecule has 3 aliphatic rings. The summed E-state index contributed by atoms with van der Waals surface area (Å²) in [5.41, 5.74) is -6.77. The third-order valence-electron chi connectivity index (χ3n) is 7.92. The summed E-state index contributed by atoms with van der Waals surface area (Å²) in [6, 6.07) is 0. The number of hydrogen-bond donors (Lipinski definition) is 3. The van der Waals surface area contributed by atoms with Crippen molar-refractivity contribution in [2.75, 3.05) is 13.2 Å². The minimum absolute atomic E-state index is 0.0509. The Morgan fingerprint density at radius 2 is 1.87 bits per heavy atom. The number of rotatable bonds is 6. The predicted molar refractivity (Wildman–Crippen MR) is 102 cm³/mol. The second kappa shape index (κ2) is 7.46. The van der Waals surface area contributed by atoms with Crippen LogP contribution in [0.1, 0.15) is 59.8 Å². The van der Waals surface area contributed by atoms with Crippen molar-refractivity contribution in [2.24, 2.45) is 16.7 Å². The fraction of sp³-hybridized carbons (Fsp3) is 0.857. The molecule has 1 saturated heterocycles. The van der Waals surface area contributed by atoms with Gasteiger partial charge < -0.3 is 29.5 Å². The zero-order chi connectivity index (χ0) is 22.5. The normalized spacial score (nSPS) is 44.8. The van der Waals surface area contributed by atoms with Crippen molar-refractivity contribution in [2.45, 2.75) is 83.2 Å². The highest BCUT2D eigenvalue weighted by molar-refractivity contribution is 5.78. The number of carbonyl (C=O) groups is 3. The van der Waals surface area contributed by atoms with Gasteiger partial charge in [0.1, 0.15) is 24.9 Å². The van der Waals surface area contributed by atoms with Crippen LogP contribution >= 0.6 is 0 Å². The van der Waals surface area contributed by atoms with Crippen molar-refractivity contribution in [3.63, 3.8) is 0 Å². The highest BCUT2D eigenvalue weighted by Crippen LogP contribution is 2.70. The number of aliphatic hydroxyl groups excluding tert-OH is 1. The van der Waals surface area contributed by atoms with Gasteiger partial charge in [0.05, 0.1) is 11.0 Å². The lowest BCUT2D eigenvalue weighted by atomic mass is 9.43. The molecule has 7 unspecified atom stereocenters. The molecule has 3 fully saturated rings. The van der Waals surface area contributed by atoms with Gasteiger partial charge in [-0.1, -0.05) is 13.8 Å². The fourth-order valence-corrected chi connectivity index (χ4v) is 6.07. The first-order valence-electron chi connectivity index (χ1n) is 10.5. The Morgan fingerprint density at radius 3 is 2.47 bits per heavy atom. The van der Waals surface area contributed by atoms with E-state index in [2.05, 4.69) is 0 Å². The largest absolute Gasteiger partial charge is 0.465 e. The van der Waals surface area contributed by atoms with E-state index in [9.17, 15) is 29.7 Å². The van der Waals surface area contributed by atoms with Crippen LogP contribution in [0.15, 0.2) is 0 Å². The highest BCUT2D eigenvalue weighted by Gasteiger charge is 2.82. The highest BCUT2D eigenvalue weighted by atomic mass is 16.6. The molecular formula is C21H32O9. The first-order valence-corrected chi connectivity index (χ1v) is 10.5. The monoisotopic (exact) mass is 428 g/mol. The Hall–Kier alpha value is -1.71. The van der Waals surface area contributed by atoms with E-state index < -0.39 is 65.4 Å². The number of ether oxygens (including phenoxy) is 3. The first-order chi connectivity index (χ1) is 13.9. The van der Waals surface area contributed by atoms with Crippen molar-refractivity contribution < 1.29 is 43.9 Å². The SMILES string of the molecule is CCCC(=O)OCC1(COC(C)=O)C(C)(O)C2CC3(C(C)CCC31O)C(O)C(=O)O2. The third kappa shape index (κ3) is 2.81. The molecular weight excluding hydrogens is 396 g/mol. The van der Waals surface area contributed by atoms with Crippen LogP contribution in [0.5, 0.6) is 0 Å². The Kier molecular flexibility index (Phi) is 5.71. The molecule has 0 radical (unpaired) electrons. The molecule has 0 amide bonds. The molecule has 3 rings (SSSR count). The van der Waals surface area contributed by atoms with Crippen LogP contribution in [0, 0.1) is 16.7 Å². The zero-order valence-corrected chi connectivity index (χ0v) is 18.0. The van der Waals surface area contributed by atoms with Gasteiger partial charge in [-0.05, 0) is 38.5 Å². The summed E-state index contributed by atoms with van der Waals surface area (Å²) in [5.74, 6) is -2.34. The molecule has 1 spiro atoms. The van der Waals surface area contributed by atoms with Crippen molar-refractivity contribution in [1.29, 1.82) is 0 Å². The van der Waals surface area contributed by atoms with Crippen LogP contribution < -0.4 is 0 Å². The van der Waals surface area contributed by atoms with Gasteiger partial charge in [-0.25, -0.2) is 4.79 Å². The van der Waals surface area contributed by atoms with Crippen LogP contribution in [-0.2, 0) is 28.6 Å². The summed E-state index contributed by atoms with van der Waals surface area (Å²) < 4.78 is 16.1. The zero-order valence-electron chi connectivity index (χ0n) is 18.0. The van der Waals surface area contributed by atoms with E-state index >= 15 is 0 Å². The Morgan fingerprint density at radius 1 is 1.23 bits per heavy atom. The summed E-state index contributed by atoms with van der Waals surface area (Å²) in [5, 5.41) is 34.7. The van der Waals surface area contributed by atoms with Crippen LogP contribution in [-0.4, -0.2) is 69.9 Å². The van der Waals surface area contributed by atoms with Gasteiger partial charge in [-0.3, -0.25) is 9.59 Å². The van der Waals surface area contributed by atoms with Crippen molar-refractivity contribution in [1.82, 2.24) is 0 Å². The van der Waals surface area contributed by atoms with Crippen LogP contribution in [0.3, 0.4) is 0 Å². The molecule has 2 saturated carbocycles. The van der Waals surface area contributed by atoms with Gasteiger partial charge in [0.2, 0.25) is 0 Å². The molecule has 3 N–H and O–H groups in total. The molecule has 2 bridgehead atoms. The number of esters is 3. The lowest BCUT2D eigenvalue weighted by Gasteiger charge is -2.67. The maximum atomic E-state index is 12.5. The number of hydrogen-bond acceptors (Lipinski definition) is 9. The van der Waals surface area contributed by atoms with Gasteiger partial charge >= 0.3 is 17.9 Å². The van der Waals surface area contributed by atoms with E-state index in [0.29, 0.717) is 12.8 Å². The topological polar surface area (TPSA) is 140 Å². The molecule has 2 aliphatic carbocycles. The van der Waals surface area contributed by atoms with E-state index in [1.54, 1.807) is 0 Å². The number of fused-ring (bicyclic) bond motifs is 1. The Balaban J connectivity index is 2.18. The average Bonchev–Trinajstić information content (AvgIpc) is 2.92. The maximum Gasteiger partial charge on any atom is 0.336 e. The van der Waals surface area contributed by atoms with E-state index in [4.69, 9.17) is 14.2 Å². The molecule has 7 atom stereocenters. The second-order valence-corrected chi connectivity index (χ2v) is 9.29. The maximum absolute atomic E-state index is 12.5. The molecule has 9 nitrogen and oxygen atoms in total. The smallest absolute Gasteiger partial charge is 0.336 e. The summed E-state index contributed by atoms with van der Waals surface area (Å²) in [6.45, 7) is 5.33. The van der Waals surface area contributed by atoms with Gasteiger partial charge in [0.15, 0.2) is 6.10 Å². The van der Waals surface area contributed by atoms with E-state index in [1.165, 1.54) is 13.8 Å². The van der Waals surface area contributed by atoms with Crippen molar-refractivity contribution >= 4 is 17.9 Å². The van der Waals surface area contributed by atoms with Gasteiger partial charge in [0.25, 0.3) is 0 Å². The Labute approximate surface area is 175 Å². The van der Waals surface area contributed by atoms with Crippen molar-refractivity contribution in [3.8, 4) is 0 Å². The van der Waals surface area contributed by atoms with Gasteiger partial charge in [0, 0.05) is 18.8 Å². The number of aliphatic hydroxyl groups is 3. The first kappa shape index (κ1) is 23.0. The molecule has 0 aromatic heterocycles. The van der Waals surface area contributed by atoms with Crippen molar-refractivity contribution in [3.05, 3.63) is 0 Å². The second-order valence-electron chi connectivity index (χ2n) is 9.29. The van der Waals surface area contributed by atoms with E-state index in [0.717, 1.165) is 0 Å². The van der Waals surface area contributed by atoms with Crippen LogP contribution in [0.4, 0.5) is 0 Å². The quantitative estimate of drug-likeness (QED) is 0.407. The lowest BCUT2D eigenvalue weighted by Crippen LogP contribution is -2.82. The van der Waals surface area contributed by atoms with E-state index in [-0.39, 0.29) is 25.2 Å². The summed E-state index contributed by atoms with van der Waals surface area (Å²) >= 11 is 0. The lowest BCUT2D eigenvalue weighted by molar-refractivity contribution is -0.352. The average molecular weight is 428 g/mol. The van der Waals surface area contributed by atoms with Crippen LogP contribution in [0.25, 0.3) is 0 Å². The third-order valence-corrected chi connectivity index (χ3v) is 7.92. The molecule has 0 aromatic carbocycles. The summed E-state index contributed by atoms with van der Waals surface area (Å²) in [4.78, 5) is 36.3. The molecule has 1 heterocycles. The summed E-state index contributed by atoms with van der Waals surface area (Å²) in [7, 11) is 0.